The molecule has 8 heteroatoms. The molecule has 1 aliphatic heterocycles. The third-order valence-electron chi connectivity index (χ3n) is 5.33. The van der Waals surface area contributed by atoms with Gasteiger partial charge in [-0.25, -0.2) is 4.98 Å². The predicted molar refractivity (Wildman–Crippen MR) is 113 cm³/mol. The molecule has 0 radical (unpaired) electrons. The summed E-state index contributed by atoms with van der Waals surface area (Å²) in [6.45, 7) is 1.14. The normalized spacial score (nSPS) is 16.3. The Balaban J connectivity index is 1.28. The van der Waals surface area contributed by atoms with Gasteiger partial charge in [-0.3, -0.25) is 14.3 Å². The molecule has 4 aromatic rings. The van der Waals surface area contributed by atoms with Gasteiger partial charge in [-0.15, -0.1) is 0 Å². The molecule has 30 heavy (non-hydrogen) atoms. The third kappa shape index (κ3) is 3.57. The molecule has 2 N–H and O–H groups in total. The molecule has 152 valence electrons. The number of nitrogens with zero attached hydrogens (tertiary/aromatic N) is 3. The van der Waals surface area contributed by atoms with Crippen LogP contribution in [0.4, 0.5) is 5.69 Å². The highest BCUT2D eigenvalue weighted by molar-refractivity contribution is 5.93. The van der Waals surface area contributed by atoms with Gasteiger partial charge in [0, 0.05) is 24.1 Å². The minimum absolute atomic E-state index is 0.0234. The van der Waals surface area contributed by atoms with E-state index in [0.29, 0.717) is 17.6 Å². The number of carbonyl (C=O) groups is 1. The Kier molecular flexibility index (Phi) is 4.76. The lowest BCUT2D eigenvalue weighted by Gasteiger charge is -2.09. The van der Waals surface area contributed by atoms with Crippen LogP contribution in [0, 0.1) is 0 Å². The Morgan fingerprint density at radius 1 is 1.27 bits per heavy atom. The average molecular weight is 403 g/mol. The minimum atomic E-state index is -0.127. The second-order valence-corrected chi connectivity index (χ2v) is 7.40. The topological polar surface area (TPSA) is 102 Å². The first kappa shape index (κ1) is 18.5. The van der Waals surface area contributed by atoms with Gasteiger partial charge in [0.1, 0.15) is 11.9 Å². The standard InChI is InChI=1S/C22H21N5O3/c28-19-13-23-27(18-5-2-1-4-15(18)19)10-9-21(29)24-14-7-8-16-17(12-14)26-22(25-16)20-6-3-11-30-20/h1-2,4-5,7-8,12-13,20H,3,6,9-11H2,(H,24,29)(H,25,26). The van der Waals surface area contributed by atoms with Crippen molar-refractivity contribution in [1.29, 1.82) is 0 Å². The van der Waals surface area contributed by atoms with Crippen LogP contribution in [0.1, 0.15) is 31.2 Å². The fraction of sp³-hybridized carbons (Fsp3) is 0.273. The molecule has 1 atom stereocenters. The van der Waals surface area contributed by atoms with Gasteiger partial charge in [0.25, 0.3) is 0 Å². The number of aromatic nitrogens is 4. The summed E-state index contributed by atoms with van der Waals surface area (Å²) in [5, 5.41) is 7.68. The van der Waals surface area contributed by atoms with Gasteiger partial charge in [0.15, 0.2) is 0 Å². The quantitative estimate of drug-likeness (QED) is 0.533. The smallest absolute Gasteiger partial charge is 0.226 e. The number of anilines is 1. The number of para-hydroxylation sites is 1. The van der Waals surface area contributed by atoms with Crippen molar-refractivity contribution in [3.63, 3.8) is 0 Å². The maximum atomic E-state index is 12.5. The maximum absolute atomic E-state index is 12.5. The Hall–Kier alpha value is -3.52. The van der Waals surface area contributed by atoms with E-state index < -0.39 is 0 Å². The van der Waals surface area contributed by atoms with E-state index >= 15 is 0 Å². The van der Waals surface area contributed by atoms with Crippen LogP contribution in [0.3, 0.4) is 0 Å². The van der Waals surface area contributed by atoms with E-state index in [9.17, 15) is 9.59 Å². The molecule has 1 saturated heterocycles. The monoisotopic (exact) mass is 403 g/mol. The number of rotatable bonds is 5. The first-order valence-electron chi connectivity index (χ1n) is 10.0. The molecule has 0 aliphatic carbocycles. The number of aryl methyl sites for hydroxylation is 1. The second-order valence-electron chi connectivity index (χ2n) is 7.40. The van der Waals surface area contributed by atoms with E-state index in [4.69, 9.17) is 4.74 Å². The van der Waals surface area contributed by atoms with Gasteiger partial charge in [-0.2, -0.15) is 5.10 Å². The van der Waals surface area contributed by atoms with Gasteiger partial charge >= 0.3 is 0 Å². The molecule has 1 amide bonds. The molecule has 2 aromatic carbocycles. The van der Waals surface area contributed by atoms with Gasteiger partial charge in [0.05, 0.1) is 29.3 Å². The number of imidazole rings is 1. The average Bonchev–Trinajstić information content (AvgIpc) is 3.43. The van der Waals surface area contributed by atoms with Gasteiger partial charge < -0.3 is 15.0 Å². The van der Waals surface area contributed by atoms with E-state index in [2.05, 4.69) is 20.4 Å². The molecule has 1 unspecified atom stereocenters. The molecule has 2 aromatic heterocycles. The largest absolute Gasteiger partial charge is 0.370 e. The summed E-state index contributed by atoms with van der Waals surface area (Å²) in [6, 6.07) is 12.9. The summed E-state index contributed by atoms with van der Waals surface area (Å²) in [6.07, 6.45) is 3.57. The SMILES string of the molecule is O=C(CCn1ncc(=O)c2ccccc21)Nc1ccc2nc(C3CCCO3)[nH]c2c1. The summed E-state index contributed by atoms with van der Waals surface area (Å²) < 4.78 is 7.37. The van der Waals surface area contributed by atoms with Crippen LogP contribution in [0.5, 0.6) is 0 Å². The summed E-state index contributed by atoms with van der Waals surface area (Å²) in [7, 11) is 0. The van der Waals surface area contributed by atoms with Crippen LogP contribution < -0.4 is 10.7 Å². The Morgan fingerprint density at radius 3 is 3.03 bits per heavy atom. The molecule has 8 nitrogen and oxygen atoms in total. The third-order valence-corrected chi connectivity index (χ3v) is 5.33. The molecular weight excluding hydrogens is 382 g/mol. The second kappa shape index (κ2) is 7.72. The Labute approximate surface area is 171 Å². The first-order chi connectivity index (χ1) is 14.7. The van der Waals surface area contributed by atoms with Crippen molar-refractivity contribution < 1.29 is 9.53 Å². The number of H-pyrrole nitrogens is 1. The van der Waals surface area contributed by atoms with E-state index in [-0.39, 0.29) is 23.9 Å². The van der Waals surface area contributed by atoms with E-state index in [1.165, 1.54) is 6.20 Å². The highest BCUT2D eigenvalue weighted by atomic mass is 16.5. The van der Waals surface area contributed by atoms with Crippen LogP contribution >= 0.6 is 0 Å². The summed E-state index contributed by atoms with van der Waals surface area (Å²) in [5.41, 5.74) is 3.02. The molecule has 0 bridgehead atoms. The van der Waals surface area contributed by atoms with E-state index in [0.717, 1.165) is 41.8 Å². The molecule has 3 heterocycles. The molecule has 1 fully saturated rings. The number of hydrogen-bond acceptors (Lipinski definition) is 5. The number of nitrogens with one attached hydrogen (secondary N) is 2. The molecule has 1 aliphatic rings. The highest BCUT2D eigenvalue weighted by Gasteiger charge is 2.21. The number of carbonyl (C=O) groups excluding carboxylic acids is 1. The number of fused-ring (bicyclic) bond motifs is 2. The Morgan fingerprint density at radius 2 is 2.17 bits per heavy atom. The minimum Gasteiger partial charge on any atom is -0.370 e. The van der Waals surface area contributed by atoms with Crippen molar-refractivity contribution in [1.82, 2.24) is 19.7 Å². The van der Waals surface area contributed by atoms with Crippen LogP contribution in [0.2, 0.25) is 0 Å². The lowest BCUT2D eigenvalue weighted by molar-refractivity contribution is -0.116. The van der Waals surface area contributed by atoms with Crippen molar-refractivity contribution in [3.8, 4) is 0 Å². The van der Waals surface area contributed by atoms with Crippen molar-refractivity contribution in [2.24, 2.45) is 0 Å². The van der Waals surface area contributed by atoms with Gasteiger partial charge in [0.2, 0.25) is 11.3 Å². The van der Waals surface area contributed by atoms with Gasteiger partial charge in [-0.05, 0) is 43.2 Å². The van der Waals surface area contributed by atoms with Crippen LogP contribution in [-0.4, -0.2) is 32.3 Å². The predicted octanol–water partition coefficient (Wildman–Crippen LogP) is 3.15. The van der Waals surface area contributed by atoms with Crippen molar-refractivity contribution in [3.05, 3.63) is 64.7 Å². The zero-order valence-corrected chi connectivity index (χ0v) is 16.3. The maximum Gasteiger partial charge on any atom is 0.226 e. The van der Waals surface area contributed by atoms with Crippen LogP contribution in [0.15, 0.2) is 53.5 Å². The van der Waals surface area contributed by atoms with Crippen molar-refractivity contribution in [2.75, 3.05) is 11.9 Å². The van der Waals surface area contributed by atoms with Crippen LogP contribution in [-0.2, 0) is 16.1 Å². The van der Waals surface area contributed by atoms with Crippen molar-refractivity contribution in [2.45, 2.75) is 31.9 Å². The highest BCUT2D eigenvalue weighted by Crippen LogP contribution is 2.28. The summed E-state index contributed by atoms with van der Waals surface area (Å²) in [5.74, 6) is 0.708. The fourth-order valence-corrected chi connectivity index (χ4v) is 3.82. The zero-order valence-electron chi connectivity index (χ0n) is 16.3. The number of hydrogen-bond donors (Lipinski definition) is 2. The summed E-state index contributed by atoms with van der Waals surface area (Å²) in [4.78, 5) is 32.3. The Bertz CT molecular complexity index is 1290. The van der Waals surface area contributed by atoms with E-state index in [1.807, 2.05) is 36.4 Å². The molecule has 5 rings (SSSR count). The number of aromatic amines is 1. The zero-order chi connectivity index (χ0) is 20.5. The fourth-order valence-electron chi connectivity index (χ4n) is 3.82. The lowest BCUT2D eigenvalue weighted by atomic mass is 10.2. The summed E-state index contributed by atoms with van der Waals surface area (Å²) >= 11 is 0. The van der Waals surface area contributed by atoms with E-state index in [1.54, 1.807) is 10.7 Å². The molecule has 0 saturated carbocycles. The van der Waals surface area contributed by atoms with Crippen LogP contribution in [0.25, 0.3) is 21.9 Å². The first-order valence-corrected chi connectivity index (χ1v) is 10.0. The lowest BCUT2D eigenvalue weighted by Crippen LogP contribution is -2.18. The number of benzene rings is 2. The number of ether oxygens (including phenoxy) is 1. The molecular formula is C22H21N5O3. The number of amides is 1. The van der Waals surface area contributed by atoms with Crippen molar-refractivity contribution >= 4 is 33.5 Å². The van der Waals surface area contributed by atoms with Gasteiger partial charge in [-0.1, -0.05) is 12.1 Å². The molecule has 0 spiro atoms.